The van der Waals surface area contributed by atoms with Crippen LogP contribution in [0.25, 0.3) is 0 Å². The van der Waals surface area contributed by atoms with Crippen molar-refractivity contribution in [2.45, 2.75) is 36.9 Å². The van der Waals surface area contributed by atoms with Crippen LogP contribution in [0.5, 0.6) is 11.5 Å². The molecule has 3 aromatic carbocycles. The van der Waals surface area contributed by atoms with Gasteiger partial charge in [-0.15, -0.1) is 0 Å². The number of benzene rings is 3. The van der Waals surface area contributed by atoms with Gasteiger partial charge in [-0.05, 0) is 53.6 Å². The van der Waals surface area contributed by atoms with Crippen LogP contribution < -0.4 is 9.64 Å². The number of anilines is 1. The number of halogens is 5. The molecule has 0 aliphatic heterocycles. The van der Waals surface area contributed by atoms with Crippen LogP contribution in [-0.2, 0) is 6.54 Å². The average molecular weight is 530 g/mol. The van der Waals surface area contributed by atoms with Crippen LogP contribution in [0.1, 0.15) is 19.4 Å². The zero-order valence-electron chi connectivity index (χ0n) is 18.5. The Bertz CT molecular complexity index is 1110. The quantitative estimate of drug-likeness (QED) is 0.282. The minimum Gasteiger partial charge on any atom is -0.456 e. The van der Waals surface area contributed by atoms with E-state index in [0.717, 1.165) is 0 Å². The summed E-state index contributed by atoms with van der Waals surface area (Å²) < 4.78 is 45.2. The van der Waals surface area contributed by atoms with E-state index in [1.54, 1.807) is 54.6 Å². The lowest BCUT2D eigenvalue weighted by atomic mass is 10.1. The van der Waals surface area contributed by atoms with E-state index in [1.807, 2.05) is 24.8 Å². The Morgan fingerprint density at radius 2 is 1.71 bits per heavy atom. The molecule has 0 radical (unpaired) electrons. The van der Waals surface area contributed by atoms with E-state index in [0.29, 0.717) is 27.8 Å². The third-order valence-electron chi connectivity index (χ3n) is 5.06. The number of alkyl halides is 3. The molecule has 0 spiro atoms. The van der Waals surface area contributed by atoms with Gasteiger partial charge in [-0.25, -0.2) is 0 Å². The molecule has 3 nitrogen and oxygen atoms in total. The van der Waals surface area contributed by atoms with E-state index in [2.05, 4.69) is 0 Å². The Labute approximate surface area is 211 Å². The lowest BCUT2D eigenvalue weighted by Crippen LogP contribution is -2.35. The largest absolute Gasteiger partial charge is 0.456 e. The minimum absolute atomic E-state index is 0.0352. The molecule has 1 unspecified atom stereocenters. The van der Waals surface area contributed by atoms with Gasteiger partial charge in [0.25, 0.3) is 0 Å². The fourth-order valence-corrected chi connectivity index (χ4v) is 4.19. The molecule has 0 heterocycles. The van der Waals surface area contributed by atoms with Crippen molar-refractivity contribution in [2.75, 3.05) is 11.4 Å². The van der Waals surface area contributed by atoms with Gasteiger partial charge < -0.3 is 14.7 Å². The molecule has 182 valence electrons. The van der Waals surface area contributed by atoms with Crippen LogP contribution in [0.4, 0.5) is 18.9 Å². The van der Waals surface area contributed by atoms with Crippen molar-refractivity contribution < 1.29 is 23.0 Å². The topological polar surface area (TPSA) is 32.7 Å². The molecule has 3 rings (SSSR count). The van der Waals surface area contributed by atoms with Crippen molar-refractivity contribution >= 4 is 40.7 Å². The van der Waals surface area contributed by atoms with E-state index in [9.17, 15) is 18.3 Å². The highest BCUT2D eigenvalue weighted by molar-refractivity contribution is 8.00. The van der Waals surface area contributed by atoms with Gasteiger partial charge in [-0.1, -0.05) is 67.4 Å². The molecule has 0 saturated carbocycles. The van der Waals surface area contributed by atoms with E-state index in [-0.39, 0.29) is 40.7 Å². The van der Waals surface area contributed by atoms with E-state index >= 15 is 0 Å². The van der Waals surface area contributed by atoms with Crippen LogP contribution >= 0.6 is 35.0 Å². The standard InChI is InChI=1S/C25H24Cl2F3NO2S/c1-16(2)21(32)15-31(14-17-7-3-4-12-23(17)34-25(28,29)30)18-8-5-9-19(13-18)33-22-11-6-10-20(26)24(22)27/h3-13,16,21,32H,14-15H2,1-2H3. The first-order chi connectivity index (χ1) is 16.0. The average Bonchev–Trinajstić information content (AvgIpc) is 2.77. The highest BCUT2D eigenvalue weighted by atomic mass is 35.5. The fourth-order valence-electron chi connectivity index (χ4n) is 3.20. The summed E-state index contributed by atoms with van der Waals surface area (Å²) in [7, 11) is 0. The molecule has 3 aromatic rings. The SMILES string of the molecule is CC(C)C(O)CN(Cc1ccccc1SC(F)(F)F)c1cccc(Oc2cccc(Cl)c2Cl)c1. The highest BCUT2D eigenvalue weighted by Crippen LogP contribution is 2.40. The summed E-state index contributed by atoms with van der Waals surface area (Å²) in [5.74, 6) is 0.822. The molecule has 0 aliphatic carbocycles. The molecule has 1 atom stereocenters. The molecule has 0 fully saturated rings. The molecule has 0 saturated heterocycles. The number of aliphatic hydroxyl groups excluding tert-OH is 1. The maximum absolute atomic E-state index is 13.1. The molecular formula is C25H24Cl2F3NO2S. The third kappa shape index (κ3) is 7.47. The lowest BCUT2D eigenvalue weighted by molar-refractivity contribution is -0.0328. The van der Waals surface area contributed by atoms with E-state index < -0.39 is 11.6 Å². The monoisotopic (exact) mass is 529 g/mol. The molecule has 0 bridgehead atoms. The molecule has 0 aromatic heterocycles. The molecule has 34 heavy (non-hydrogen) atoms. The predicted octanol–water partition coefficient (Wildman–Crippen LogP) is 8.42. The maximum Gasteiger partial charge on any atom is 0.446 e. The first kappa shape index (κ1) is 26.5. The molecule has 0 amide bonds. The number of hydrogen-bond donors (Lipinski definition) is 1. The minimum atomic E-state index is -4.40. The first-order valence-electron chi connectivity index (χ1n) is 10.5. The van der Waals surface area contributed by atoms with Gasteiger partial charge in [-0.3, -0.25) is 0 Å². The Morgan fingerprint density at radius 3 is 2.41 bits per heavy atom. The van der Waals surface area contributed by atoms with Crippen molar-refractivity contribution in [3.63, 3.8) is 0 Å². The Hall–Kier alpha value is -2.06. The van der Waals surface area contributed by atoms with Crippen LogP contribution in [0, 0.1) is 5.92 Å². The first-order valence-corrected chi connectivity index (χ1v) is 12.1. The molecule has 9 heteroatoms. The van der Waals surface area contributed by atoms with Gasteiger partial charge in [0.05, 0.1) is 11.1 Å². The lowest BCUT2D eigenvalue weighted by Gasteiger charge is -2.30. The molecular weight excluding hydrogens is 506 g/mol. The molecule has 0 aliphatic rings. The summed E-state index contributed by atoms with van der Waals surface area (Å²) in [5.41, 5.74) is -3.21. The third-order valence-corrected chi connectivity index (χ3v) is 6.71. The summed E-state index contributed by atoms with van der Waals surface area (Å²) in [6.45, 7) is 4.17. The number of aliphatic hydroxyl groups is 1. The summed E-state index contributed by atoms with van der Waals surface area (Å²) in [6.07, 6.45) is -0.686. The smallest absolute Gasteiger partial charge is 0.446 e. The number of rotatable bonds is 9. The van der Waals surface area contributed by atoms with Crippen molar-refractivity contribution in [3.8, 4) is 11.5 Å². The number of nitrogens with zero attached hydrogens (tertiary/aromatic N) is 1. The Morgan fingerprint density at radius 1 is 1.00 bits per heavy atom. The number of ether oxygens (including phenoxy) is 1. The summed E-state index contributed by atoms with van der Waals surface area (Å²) in [6, 6.07) is 18.5. The zero-order valence-corrected chi connectivity index (χ0v) is 20.8. The number of thioether (sulfide) groups is 1. The Kier molecular flexibility index (Phi) is 9.04. The van der Waals surface area contributed by atoms with Crippen LogP contribution in [-0.4, -0.2) is 23.3 Å². The van der Waals surface area contributed by atoms with Crippen molar-refractivity contribution in [1.29, 1.82) is 0 Å². The van der Waals surface area contributed by atoms with Crippen LogP contribution in [0.2, 0.25) is 10.0 Å². The fraction of sp³-hybridized carbons (Fsp3) is 0.280. The normalized spacial score (nSPS) is 12.6. The second kappa shape index (κ2) is 11.6. The van der Waals surface area contributed by atoms with Gasteiger partial charge in [0.2, 0.25) is 0 Å². The second-order valence-electron chi connectivity index (χ2n) is 8.00. The van der Waals surface area contributed by atoms with Gasteiger partial charge in [0.1, 0.15) is 16.5 Å². The van der Waals surface area contributed by atoms with Crippen LogP contribution in [0.15, 0.2) is 71.6 Å². The van der Waals surface area contributed by atoms with Crippen molar-refractivity contribution in [3.05, 3.63) is 82.3 Å². The van der Waals surface area contributed by atoms with Gasteiger partial charge in [0, 0.05) is 29.7 Å². The Balaban J connectivity index is 1.93. The molecule has 1 N–H and O–H groups in total. The summed E-state index contributed by atoms with van der Waals surface area (Å²) in [4.78, 5) is 1.96. The van der Waals surface area contributed by atoms with Crippen LogP contribution in [0.3, 0.4) is 0 Å². The highest BCUT2D eigenvalue weighted by Gasteiger charge is 2.30. The van der Waals surface area contributed by atoms with Crippen molar-refractivity contribution in [1.82, 2.24) is 0 Å². The van der Waals surface area contributed by atoms with E-state index in [4.69, 9.17) is 27.9 Å². The van der Waals surface area contributed by atoms with Gasteiger partial charge in [0.15, 0.2) is 0 Å². The van der Waals surface area contributed by atoms with Gasteiger partial charge >= 0.3 is 5.51 Å². The summed E-state index contributed by atoms with van der Waals surface area (Å²) in [5, 5.41) is 11.2. The zero-order chi connectivity index (χ0) is 24.9. The van der Waals surface area contributed by atoms with Crippen molar-refractivity contribution in [2.24, 2.45) is 5.92 Å². The summed E-state index contributed by atoms with van der Waals surface area (Å²) >= 11 is 12.2. The van der Waals surface area contributed by atoms with Gasteiger partial charge in [-0.2, -0.15) is 13.2 Å². The second-order valence-corrected chi connectivity index (χ2v) is 9.89. The maximum atomic E-state index is 13.1. The predicted molar refractivity (Wildman–Crippen MR) is 133 cm³/mol. The van der Waals surface area contributed by atoms with E-state index in [1.165, 1.54) is 6.07 Å². The number of hydrogen-bond acceptors (Lipinski definition) is 4.